The van der Waals surface area contributed by atoms with Gasteiger partial charge in [0.05, 0.1) is 26.4 Å². The van der Waals surface area contributed by atoms with Gasteiger partial charge in [0.15, 0.2) is 6.29 Å². The summed E-state index contributed by atoms with van der Waals surface area (Å²) in [4.78, 5) is 4.97. The van der Waals surface area contributed by atoms with Crippen LogP contribution in [0.5, 0.6) is 0 Å². The third-order valence-electron chi connectivity index (χ3n) is 2.61. The predicted molar refractivity (Wildman–Crippen MR) is 64.8 cm³/mol. The van der Waals surface area contributed by atoms with Crippen LogP contribution in [0.4, 0.5) is 0 Å². The van der Waals surface area contributed by atoms with Gasteiger partial charge in [-0.25, -0.2) is 4.84 Å². The summed E-state index contributed by atoms with van der Waals surface area (Å²) < 4.78 is 26.5. The zero-order chi connectivity index (χ0) is 13.2. The second kappa shape index (κ2) is 9.24. The molecule has 2 unspecified atom stereocenters. The van der Waals surface area contributed by atoms with E-state index in [2.05, 4.69) is 5.48 Å². The standard InChI is InChI=1S/C12H21NO6/c1-2-11(16-5-1)18-10-15-7-6-14-8-9-17-12-3-4-13-19-12/h3-4,11-13H,1-2,5-10H2. The Hall–Kier alpha value is -0.700. The summed E-state index contributed by atoms with van der Waals surface area (Å²) in [6.45, 7) is 3.01. The van der Waals surface area contributed by atoms with Crippen molar-refractivity contribution in [1.82, 2.24) is 5.48 Å². The molecular formula is C12H21NO6. The summed E-state index contributed by atoms with van der Waals surface area (Å²) in [5.41, 5.74) is 2.58. The molecule has 2 aliphatic heterocycles. The van der Waals surface area contributed by atoms with Gasteiger partial charge >= 0.3 is 0 Å². The van der Waals surface area contributed by atoms with Crippen molar-refractivity contribution in [2.75, 3.05) is 39.8 Å². The molecule has 19 heavy (non-hydrogen) atoms. The zero-order valence-corrected chi connectivity index (χ0v) is 10.9. The second-order valence-electron chi connectivity index (χ2n) is 4.08. The van der Waals surface area contributed by atoms with Crippen molar-refractivity contribution in [3.8, 4) is 0 Å². The van der Waals surface area contributed by atoms with Crippen LogP contribution in [0, 0.1) is 0 Å². The minimum absolute atomic E-state index is 0.0950. The van der Waals surface area contributed by atoms with Gasteiger partial charge in [0, 0.05) is 19.2 Å². The van der Waals surface area contributed by atoms with Crippen LogP contribution >= 0.6 is 0 Å². The molecule has 0 saturated carbocycles. The summed E-state index contributed by atoms with van der Waals surface area (Å²) in [5.74, 6) is 0. The molecule has 2 atom stereocenters. The van der Waals surface area contributed by atoms with Crippen LogP contribution in [0.25, 0.3) is 0 Å². The van der Waals surface area contributed by atoms with Crippen molar-refractivity contribution in [2.24, 2.45) is 0 Å². The van der Waals surface area contributed by atoms with Crippen molar-refractivity contribution in [2.45, 2.75) is 25.4 Å². The van der Waals surface area contributed by atoms with Gasteiger partial charge in [0.2, 0.25) is 6.29 Å². The lowest BCUT2D eigenvalue weighted by Gasteiger charge is -2.11. The molecule has 0 aromatic rings. The molecule has 2 heterocycles. The van der Waals surface area contributed by atoms with Crippen LogP contribution in [-0.2, 0) is 28.5 Å². The topological polar surface area (TPSA) is 67.4 Å². The maximum atomic E-state index is 5.34. The van der Waals surface area contributed by atoms with Crippen LogP contribution < -0.4 is 5.48 Å². The molecule has 1 fully saturated rings. The van der Waals surface area contributed by atoms with Crippen LogP contribution in [0.1, 0.15) is 12.8 Å². The fraction of sp³-hybridized carbons (Fsp3) is 0.833. The fourth-order valence-electron chi connectivity index (χ4n) is 1.66. The zero-order valence-electron chi connectivity index (χ0n) is 10.9. The van der Waals surface area contributed by atoms with Gasteiger partial charge in [-0.2, -0.15) is 0 Å². The van der Waals surface area contributed by atoms with E-state index in [1.165, 1.54) is 0 Å². The van der Waals surface area contributed by atoms with E-state index >= 15 is 0 Å². The minimum Gasteiger partial charge on any atom is -0.377 e. The van der Waals surface area contributed by atoms with Crippen LogP contribution in [0.15, 0.2) is 12.3 Å². The first-order valence-electron chi connectivity index (χ1n) is 6.53. The first-order valence-corrected chi connectivity index (χ1v) is 6.53. The predicted octanol–water partition coefficient (Wildman–Crippen LogP) is 0.521. The number of hydroxylamine groups is 1. The Morgan fingerprint density at radius 3 is 2.79 bits per heavy atom. The molecule has 0 aromatic heterocycles. The van der Waals surface area contributed by atoms with E-state index in [1.54, 1.807) is 12.3 Å². The highest BCUT2D eigenvalue weighted by molar-refractivity contribution is 4.85. The number of rotatable bonds is 10. The molecule has 2 rings (SSSR count). The van der Waals surface area contributed by atoms with Gasteiger partial charge in [0.1, 0.15) is 6.79 Å². The Kier molecular flexibility index (Phi) is 7.15. The molecule has 0 aliphatic carbocycles. The summed E-state index contributed by atoms with van der Waals surface area (Å²) in [7, 11) is 0. The first kappa shape index (κ1) is 14.7. The van der Waals surface area contributed by atoms with E-state index in [1.807, 2.05) is 0 Å². The van der Waals surface area contributed by atoms with E-state index in [9.17, 15) is 0 Å². The maximum Gasteiger partial charge on any atom is 0.204 e. The van der Waals surface area contributed by atoms with Crippen LogP contribution in [0.3, 0.4) is 0 Å². The third-order valence-corrected chi connectivity index (χ3v) is 2.61. The molecule has 0 amide bonds. The normalized spacial score (nSPS) is 25.9. The smallest absolute Gasteiger partial charge is 0.204 e. The first-order chi connectivity index (χ1) is 9.45. The molecule has 1 saturated heterocycles. The quantitative estimate of drug-likeness (QED) is 0.460. The largest absolute Gasteiger partial charge is 0.377 e. The number of nitrogens with one attached hydrogen (secondary N) is 1. The van der Waals surface area contributed by atoms with Crippen molar-refractivity contribution in [3.05, 3.63) is 12.3 Å². The Morgan fingerprint density at radius 1 is 1.11 bits per heavy atom. The minimum atomic E-state index is -0.320. The number of ether oxygens (including phenoxy) is 5. The van der Waals surface area contributed by atoms with Crippen molar-refractivity contribution >= 4 is 0 Å². The molecule has 0 spiro atoms. The second-order valence-corrected chi connectivity index (χ2v) is 4.08. The van der Waals surface area contributed by atoms with Gasteiger partial charge in [-0.1, -0.05) is 0 Å². The van der Waals surface area contributed by atoms with Crippen molar-refractivity contribution in [3.63, 3.8) is 0 Å². The van der Waals surface area contributed by atoms with Crippen LogP contribution in [0.2, 0.25) is 0 Å². The number of hydrogen-bond donors (Lipinski definition) is 1. The average molecular weight is 275 g/mol. The highest BCUT2D eigenvalue weighted by Crippen LogP contribution is 2.12. The monoisotopic (exact) mass is 275 g/mol. The molecular weight excluding hydrogens is 254 g/mol. The Balaban J connectivity index is 1.29. The SMILES string of the molecule is C1=CC(OCCOCCOCOC2CCCO2)ON1. The molecule has 7 nitrogen and oxygen atoms in total. The fourth-order valence-corrected chi connectivity index (χ4v) is 1.66. The van der Waals surface area contributed by atoms with Crippen molar-refractivity contribution < 1.29 is 28.5 Å². The average Bonchev–Trinajstić information content (AvgIpc) is 3.10. The third kappa shape index (κ3) is 6.33. The lowest BCUT2D eigenvalue weighted by molar-refractivity contribution is -0.178. The lowest BCUT2D eigenvalue weighted by Crippen LogP contribution is -2.18. The van der Waals surface area contributed by atoms with Gasteiger partial charge in [-0.15, -0.1) is 0 Å². The molecule has 7 heteroatoms. The maximum absolute atomic E-state index is 5.34. The Morgan fingerprint density at radius 2 is 2.00 bits per heavy atom. The van der Waals surface area contributed by atoms with E-state index < -0.39 is 0 Å². The molecule has 0 radical (unpaired) electrons. The highest BCUT2D eigenvalue weighted by Gasteiger charge is 2.15. The van der Waals surface area contributed by atoms with E-state index in [-0.39, 0.29) is 19.4 Å². The van der Waals surface area contributed by atoms with Crippen molar-refractivity contribution in [1.29, 1.82) is 0 Å². The van der Waals surface area contributed by atoms with E-state index in [0.29, 0.717) is 26.4 Å². The summed E-state index contributed by atoms with van der Waals surface area (Å²) in [5, 5.41) is 0. The van der Waals surface area contributed by atoms with Gasteiger partial charge in [0.25, 0.3) is 0 Å². The Bertz CT molecular complexity index is 257. The van der Waals surface area contributed by atoms with Gasteiger partial charge in [-0.3, -0.25) is 5.48 Å². The molecule has 2 aliphatic rings. The highest BCUT2D eigenvalue weighted by atomic mass is 16.8. The van der Waals surface area contributed by atoms with Gasteiger partial charge < -0.3 is 23.7 Å². The molecule has 0 bridgehead atoms. The summed E-state index contributed by atoms with van der Waals surface area (Å²) >= 11 is 0. The van der Waals surface area contributed by atoms with E-state index in [4.69, 9.17) is 28.5 Å². The van der Waals surface area contributed by atoms with E-state index in [0.717, 1.165) is 19.4 Å². The van der Waals surface area contributed by atoms with Gasteiger partial charge in [-0.05, 0) is 12.5 Å². The molecule has 110 valence electrons. The number of hydrogen-bond acceptors (Lipinski definition) is 7. The van der Waals surface area contributed by atoms with Crippen LogP contribution in [-0.4, -0.2) is 52.4 Å². The molecule has 1 N–H and O–H groups in total. The lowest BCUT2D eigenvalue weighted by atomic mass is 10.4. The Labute approximate surface area is 112 Å². The molecule has 0 aromatic carbocycles. The summed E-state index contributed by atoms with van der Waals surface area (Å²) in [6, 6.07) is 0. The summed E-state index contributed by atoms with van der Waals surface area (Å²) in [6.07, 6.45) is 5.06.